The van der Waals surface area contributed by atoms with Gasteiger partial charge in [-0.25, -0.2) is 4.79 Å². The van der Waals surface area contributed by atoms with Gasteiger partial charge in [0.2, 0.25) is 0 Å². The number of carbonyl (C=O) groups is 2. The lowest BCUT2D eigenvalue weighted by Gasteiger charge is -2.44. The maximum absolute atomic E-state index is 12.1. The predicted octanol–water partition coefficient (Wildman–Crippen LogP) is 4.06. The minimum absolute atomic E-state index is 0.0319. The summed E-state index contributed by atoms with van der Waals surface area (Å²) in [4.78, 5) is 38.9. The number of nitrogens with one attached hydrogen (secondary N) is 2. The lowest BCUT2D eigenvalue weighted by atomic mass is 9.90. The van der Waals surface area contributed by atoms with Crippen LogP contribution in [-0.2, 0) is 32.2 Å². The molecule has 0 unspecified atom stereocenters. The molecule has 48 heavy (non-hydrogen) atoms. The van der Waals surface area contributed by atoms with Crippen molar-refractivity contribution >= 4 is 23.4 Å². The number of aliphatic hydroxyl groups is 1. The van der Waals surface area contributed by atoms with Crippen molar-refractivity contribution in [1.29, 1.82) is 0 Å². The van der Waals surface area contributed by atoms with Crippen molar-refractivity contribution in [3.63, 3.8) is 0 Å². The fourth-order valence-corrected chi connectivity index (χ4v) is 5.96. The van der Waals surface area contributed by atoms with E-state index < -0.39 is 18.3 Å². The number of amides is 2. The molecule has 2 heterocycles. The molecular weight excluding hydrogens is 618 g/mol. The van der Waals surface area contributed by atoms with E-state index in [4.69, 9.17) is 14.2 Å². The monoisotopic (exact) mass is 661 g/mol. The van der Waals surface area contributed by atoms with Crippen molar-refractivity contribution < 1.29 is 33.8 Å². The van der Waals surface area contributed by atoms with Gasteiger partial charge in [-0.05, 0) is 35.7 Å². The molecule has 256 valence electrons. The molecule has 2 fully saturated rings. The molecule has 0 radical (unpaired) electrons. The molecule has 5 rings (SSSR count). The number of rotatable bonds is 12. The summed E-state index contributed by atoms with van der Waals surface area (Å²) in [5, 5.41) is 25.8. The Balaban J connectivity index is 1.23. The third kappa shape index (κ3) is 9.07. The number of nitrogens with zero attached hydrogens (tertiary/aromatic N) is 3. The summed E-state index contributed by atoms with van der Waals surface area (Å²) < 4.78 is 18.1. The second-order valence-electron chi connectivity index (χ2n) is 12.0. The van der Waals surface area contributed by atoms with Crippen LogP contribution in [0.15, 0.2) is 72.8 Å². The Morgan fingerprint density at radius 2 is 1.56 bits per heavy atom. The third-order valence-electron chi connectivity index (χ3n) is 8.76. The Kier molecular flexibility index (Phi) is 12.0. The van der Waals surface area contributed by atoms with Crippen molar-refractivity contribution in [2.45, 2.75) is 45.5 Å². The highest BCUT2D eigenvalue weighted by atomic mass is 16.7. The van der Waals surface area contributed by atoms with E-state index in [-0.39, 0.29) is 55.0 Å². The molecule has 2 aliphatic heterocycles. The summed E-state index contributed by atoms with van der Waals surface area (Å²) in [6.07, 6.45) is -1.00. The van der Waals surface area contributed by atoms with E-state index in [1.54, 1.807) is 31.2 Å². The average molecular weight is 662 g/mol. The summed E-state index contributed by atoms with van der Waals surface area (Å²) in [7, 11) is 0. The minimum Gasteiger partial charge on any atom is -0.465 e. The number of ether oxygens (including phenoxy) is 3. The van der Waals surface area contributed by atoms with Crippen LogP contribution >= 0.6 is 0 Å². The molecule has 3 aromatic carbocycles. The molecule has 2 saturated heterocycles. The first-order valence-corrected chi connectivity index (χ1v) is 16.2. The first-order chi connectivity index (χ1) is 23.2. The molecule has 0 aliphatic carbocycles. The highest BCUT2D eigenvalue weighted by molar-refractivity contribution is 5.80. The van der Waals surface area contributed by atoms with E-state index in [9.17, 15) is 24.8 Å². The molecule has 4 atom stereocenters. The molecular formula is C35H43N5O8. The summed E-state index contributed by atoms with van der Waals surface area (Å²) in [6.45, 7) is 8.07. The molecule has 0 saturated carbocycles. The molecule has 13 nitrogen and oxygen atoms in total. The quantitative estimate of drug-likeness (QED) is 0.147. The number of nitro groups is 1. The number of benzene rings is 3. The van der Waals surface area contributed by atoms with Crippen LogP contribution in [0.5, 0.6) is 0 Å². The number of aliphatic hydroxyl groups excluding tert-OH is 1. The number of non-ortho nitro benzene ring substituents is 1. The van der Waals surface area contributed by atoms with Crippen molar-refractivity contribution in [1.82, 2.24) is 15.5 Å². The van der Waals surface area contributed by atoms with Crippen molar-refractivity contribution in [3.05, 3.63) is 105 Å². The standard InChI is InChI=1S/C35H43N5O8/c1-3-46-32(42)21-37-35(43)36-20-25-4-10-28(11-5-25)34-47-31(24(2)33(48-34)27-8-6-26(23-41)7-9-27)22-38-16-18-39(19-17-38)29-12-14-30(15-13-29)40(44)45/h4-15,24,31,33-34,41H,3,16-23H2,1-2H3,(H2,36,37,43)/t24-,31+,33+,34+/m1/s1. The summed E-state index contributed by atoms with van der Waals surface area (Å²) in [6, 6.07) is 21.7. The predicted molar refractivity (Wildman–Crippen MR) is 178 cm³/mol. The van der Waals surface area contributed by atoms with Crippen LogP contribution in [0.4, 0.5) is 16.2 Å². The van der Waals surface area contributed by atoms with Crippen molar-refractivity contribution in [2.24, 2.45) is 5.92 Å². The maximum Gasteiger partial charge on any atom is 0.325 e. The fourth-order valence-electron chi connectivity index (χ4n) is 5.96. The molecule has 3 N–H and O–H groups in total. The average Bonchev–Trinajstić information content (AvgIpc) is 3.11. The Hall–Kier alpha value is -4.56. The first-order valence-electron chi connectivity index (χ1n) is 16.2. The Morgan fingerprint density at radius 1 is 0.917 bits per heavy atom. The number of esters is 1. The number of hydrogen-bond donors (Lipinski definition) is 3. The van der Waals surface area contributed by atoms with Gasteiger partial charge >= 0.3 is 12.0 Å². The highest BCUT2D eigenvalue weighted by Gasteiger charge is 2.39. The zero-order valence-corrected chi connectivity index (χ0v) is 27.2. The lowest BCUT2D eigenvalue weighted by Crippen LogP contribution is -2.51. The van der Waals surface area contributed by atoms with Crippen molar-refractivity contribution in [3.8, 4) is 0 Å². The van der Waals surface area contributed by atoms with Crippen LogP contribution in [0.1, 0.15) is 48.5 Å². The Bertz CT molecular complexity index is 1510. The van der Waals surface area contributed by atoms with Gasteiger partial charge < -0.3 is 34.9 Å². The van der Waals surface area contributed by atoms with Crippen LogP contribution in [0, 0.1) is 16.0 Å². The number of urea groups is 1. The number of carbonyl (C=O) groups excluding carboxylic acids is 2. The fraction of sp³-hybridized carbons (Fsp3) is 0.429. The Morgan fingerprint density at radius 3 is 2.19 bits per heavy atom. The largest absolute Gasteiger partial charge is 0.465 e. The molecule has 3 aromatic rings. The first kappa shape index (κ1) is 34.8. The van der Waals surface area contributed by atoms with E-state index in [2.05, 4.69) is 27.4 Å². The van der Waals surface area contributed by atoms with Gasteiger partial charge in [0.15, 0.2) is 6.29 Å². The highest BCUT2D eigenvalue weighted by Crippen LogP contribution is 2.42. The second kappa shape index (κ2) is 16.5. The zero-order valence-electron chi connectivity index (χ0n) is 27.2. The molecule has 0 spiro atoms. The van der Waals surface area contributed by atoms with Gasteiger partial charge in [-0.1, -0.05) is 55.5 Å². The van der Waals surface area contributed by atoms with E-state index in [1.807, 2.05) is 48.5 Å². The number of hydrogen-bond acceptors (Lipinski definition) is 10. The molecule has 13 heteroatoms. The van der Waals surface area contributed by atoms with Crippen LogP contribution in [0.3, 0.4) is 0 Å². The summed E-state index contributed by atoms with van der Waals surface area (Å²) >= 11 is 0. The van der Waals surface area contributed by atoms with Gasteiger partial charge in [0.1, 0.15) is 6.54 Å². The third-order valence-corrected chi connectivity index (χ3v) is 8.76. The van der Waals surface area contributed by atoms with Gasteiger partial charge in [-0.3, -0.25) is 19.8 Å². The van der Waals surface area contributed by atoms with Gasteiger partial charge in [-0.2, -0.15) is 0 Å². The number of anilines is 1. The molecule has 0 bridgehead atoms. The van der Waals surface area contributed by atoms with Crippen LogP contribution in [0.25, 0.3) is 0 Å². The SMILES string of the molecule is CCOC(=O)CNC(=O)NCc1ccc([C@H]2O[C@@H](CN3CCN(c4ccc([N+](=O)[O-])cc4)CC3)[C@@H](C)[C@@H](c3ccc(CO)cc3)O2)cc1. The van der Waals surface area contributed by atoms with E-state index >= 15 is 0 Å². The second-order valence-corrected chi connectivity index (χ2v) is 12.0. The minimum atomic E-state index is -0.620. The summed E-state index contributed by atoms with van der Waals surface area (Å²) in [5.41, 5.74) is 4.61. The van der Waals surface area contributed by atoms with Gasteiger partial charge in [0.05, 0.1) is 30.3 Å². The van der Waals surface area contributed by atoms with Crippen LogP contribution in [0.2, 0.25) is 0 Å². The van der Waals surface area contributed by atoms with Crippen LogP contribution in [-0.4, -0.2) is 78.9 Å². The normalized spacial score (nSPS) is 21.4. The molecule has 2 aliphatic rings. The number of piperazine rings is 1. The molecule has 0 aromatic heterocycles. The van der Waals surface area contributed by atoms with Gasteiger partial charge in [0, 0.05) is 68.6 Å². The van der Waals surface area contributed by atoms with Crippen molar-refractivity contribution in [2.75, 3.05) is 50.8 Å². The van der Waals surface area contributed by atoms with Gasteiger partial charge in [-0.15, -0.1) is 0 Å². The van der Waals surface area contributed by atoms with E-state index in [0.717, 1.165) is 54.1 Å². The lowest BCUT2D eigenvalue weighted by molar-refractivity contribution is -0.384. The van der Waals surface area contributed by atoms with E-state index in [1.165, 1.54) is 0 Å². The summed E-state index contributed by atoms with van der Waals surface area (Å²) in [5.74, 6) is -0.463. The van der Waals surface area contributed by atoms with E-state index in [0.29, 0.717) is 6.54 Å². The Labute approximate surface area is 279 Å². The smallest absolute Gasteiger partial charge is 0.325 e. The maximum atomic E-state index is 12.1. The zero-order chi connectivity index (χ0) is 34.0. The topological polar surface area (TPSA) is 156 Å². The number of nitro benzene ring substituents is 1. The molecule has 2 amide bonds. The van der Waals surface area contributed by atoms with Gasteiger partial charge in [0.25, 0.3) is 5.69 Å². The van der Waals surface area contributed by atoms with Crippen LogP contribution < -0.4 is 15.5 Å².